The van der Waals surface area contributed by atoms with Crippen LogP contribution in [0, 0.1) is 6.92 Å². The maximum atomic E-state index is 11.6. The Labute approximate surface area is 105 Å². The molecule has 0 amide bonds. The molecule has 2 rings (SSSR count). The number of rotatable bonds is 2. The van der Waals surface area contributed by atoms with Crippen molar-refractivity contribution in [1.29, 1.82) is 0 Å². The molecule has 1 saturated heterocycles. The zero-order valence-electron chi connectivity index (χ0n) is 9.81. The molecule has 0 bridgehead atoms. The molecule has 4 N–H and O–H groups in total. The number of hydrogen-bond acceptors (Lipinski definition) is 6. The number of nitrogens with zero attached hydrogens (tertiary/aromatic N) is 1. The molecule has 1 aromatic heterocycles. The summed E-state index contributed by atoms with van der Waals surface area (Å²) in [6.07, 6.45) is -5.14. The lowest BCUT2D eigenvalue weighted by Crippen LogP contribution is -2.38. The van der Waals surface area contributed by atoms with Crippen LogP contribution in [0.2, 0.25) is 0 Å². The fourth-order valence-corrected chi connectivity index (χ4v) is 1.87. The van der Waals surface area contributed by atoms with Crippen LogP contribution in [0.4, 0.5) is 0 Å². The number of carbonyl (C=O) groups is 1. The van der Waals surface area contributed by atoms with E-state index in [1.165, 1.54) is 6.92 Å². The first kappa shape index (κ1) is 13.5. The summed E-state index contributed by atoms with van der Waals surface area (Å²) in [4.78, 5) is 35.6. The Morgan fingerprint density at radius 3 is 2.53 bits per heavy atom. The number of aliphatic carboxylic acids is 1. The number of carboxylic acids is 1. The van der Waals surface area contributed by atoms with Crippen LogP contribution < -0.4 is 11.2 Å². The molecule has 104 valence electrons. The number of ether oxygens (including phenoxy) is 1. The number of aromatic nitrogens is 2. The molecule has 0 unspecified atom stereocenters. The third-order valence-electron chi connectivity index (χ3n) is 2.90. The van der Waals surface area contributed by atoms with Gasteiger partial charge in [-0.25, -0.2) is 9.59 Å². The van der Waals surface area contributed by atoms with Crippen LogP contribution in [0.3, 0.4) is 0 Å². The van der Waals surface area contributed by atoms with Crippen LogP contribution in [0.5, 0.6) is 0 Å². The molecule has 0 radical (unpaired) electrons. The van der Waals surface area contributed by atoms with Gasteiger partial charge in [-0.05, 0) is 6.92 Å². The minimum absolute atomic E-state index is 0.184. The Balaban J connectivity index is 2.44. The van der Waals surface area contributed by atoms with Gasteiger partial charge in [-0.2, -0.15) is 0 Å². The van der Waals surface area contributed by atoms with E-state index in [-0.39, 0.29) is 5.56 Å². The first-order valence-corrected chi connectivity index (χ1v) is 5.39. The molecule has 0 saturated carbocycles. The summed E-state index contributed by atoms with van der Waals surface area (Å²) in [6, 6.07) is 0. The van der Waals surface area contributed by atoms with E-state index in [1.807, 2.05) is 4.98 Å². The van der Waals surface area contributed by atoms with E-state index in [0.717, 1.165) is 10.8 Å². The number of aliphatic hydroxyl groups excluding tert-OH is 2. The molecule has 0 aliphatic carbocycles. The van der Waals surface area contributed by atoms with Crippen LogP contribution in [0.25, 0.3) is 0 Å². The van der Waals surface area contributed by atoms with E-state index >= 15 is 0 Å². The van der Waals surface area contributed by atoms with E-state index in [1.54, 1.807) is 0 Å². The van der Waals surface area contributed by atoms with Gasteiger partial charge in [0, 0.05) is 11.8 Å². The Morgan fingerprint density at radius 1 is 1.37 bits per heavy atom. The number of carboxylic acid groups (broad SMARTS) is 1. The second kappa shape index (κ2) is 4.61. The standard InChI is InChI=1S/C10H12N2O7/c1-3-2-12(10(18)11-7(3)15)8-5(14)4(13)6(19-8)9(16)17/h2,4-6,8,13-14H,1H3,(H,16,17)(H,11,15,18)/t4-,5+,6-,8+/m0/s1. The molecule has 19 heavy (non-hydrogen) atoms. The van der Waals surface area contributed by atoms with Crippen molar-refractivity contribution in [3.8, 4) is 0 Å². The Morgan fingerprint density at radius 2 is 2.00 bits per heavy atom. The minimum Gasteiger partial charge on any atom is -0.479 e. The van der Waals surface area contributed by atoms with Crippen LogP contribution in [0.1, 0.15) is 11.8 Å². The average molecular weight is 272 g/mol. The lowest BCUT2D eigenvalue weighted by Gasteiger charge is -2.17. The topological polar surface area (TPSA) is 142 Å². The third-order valence-corrected chi connectivity index (χ3v) is 2.90. The molecule has 1 aromatic rings. The quantitative estimate of drug-likeness (QED) is 0.468. The lowest BCUT2D eigenvalue weighted by atomic mass is 10.1. The van der Waals surface area contributed by atoms with E-state index in [0.29, 0.717) is 0 Å². The van der Waals surface area contributed by atoms with Gasteiger partial charge >= 0.3 is 11.7 Å². The van der Waals surface area contributed by atoms with Crippen molar-refractivity contribution in [3.63, 3.8) is 0 Å². The summed E-state index contributed by atoms with van der Waals surface area (Å²) < 4.78 is 5.79. The SMILES string of the molecule is Cc1cn([C@@H]2O[C@H](C(=O)O)[C@@H](O)[C@H]2O)c(=O)[nH]c1=O. The highest BCUT2D eigenvalue weighted by Crippen LogP contribution is 2.28. The van der Waals surface area contributed by atoms with Crippen molar-refractivity contribution in [1.82, 2.24) is 9.55 Å². The van der Waals surface area contributed by atoms with Gasteiger partial charge in [-0.15, -0.1) is 0 Å². The van der Waals surface area contributed by atoms with Crippen molar-refractivity contribution >= 4 is 5.97 Å². The van der Waals surface area contributed by atoms with Crippen molar-refractivity contribution < 1.29 is 24.9 Å². The number of aryl methyl sites for hydroxylation is 1. The molecule has 1 fully saturated rings. The smallest absolute Gasteiger partial charge is 0.335 e. The molecule has 1 aliphatic rings. The molecular weight excluding hydrogens is 260 g/mol. The van der Waals surface area contributed by atoms with Crippen LogP contribution in [-0.4, -0.2) is 49.2 Å². The predicted octanol–water partition coefficient (Wildman–Crippen LogP) is -2.45. The average Bonchev–Trinajstić information content (AvgIpc) is 2.62. The number of nitrogens with one attached hydrogen (secondary N) is 1. The highest BCUT2D eigenvalue weighted by Gasteiger charge is 2.47. The number of aliphatic hydroxyl groups is 2. The number of hydrogen-bond donors (Lipinski definition) is 4. The second-order valence-corrected chi connectivity index (χ2v) is 4.25. The molecule has 0 spiro atoms. The number of H-pyrrole nitrogens is 1. The molecule has 4 atom stereocenters. The fraction of sp³-hybridized carbons (Fsp3) is 0.500. The molecule has 0 aromatic carbocycles. The molecular formula is C10H12N2O7. The van der Waals surface area contributed by atoms with Gasteiger partial charge in [-0.1, -0.05) is 0 Å². The summed E-state index contributed by atoms with van der Waals surface area (Å²) in [5.74, 6) is -1.46. The van der Waals surface area contributed by atoms with Crippen molar-refractivity contribution in [2.24, 2.45) is 0 Å². The van der Waals surface area contributed by atoms with Crippen LogP contribution in [0.15, 0.2) is 15.8 Å². The van der Waals surface area contributed by atoms with E-state index in [9.17, 15) is 24.6 Å². The largest absolute Gasteiger partial charge is 0.479 e. The Hall–Kier alpha value is -1.97. The fourth-order valence-electron chi connectivity index (χ4n) is 1.87. The van der Waals surface area contributed by atoms with Gasteiger partial charge in [0.2, 0.25) is 0 Å². The summed E-state index contributed by atoms with van der Waals surface area (Å²) in [5, 5.41) is 28.0. The first-order valence-electron chi connectivity index (χ1n) is 5.39. The summed E-state index contributed by atoms with van der Waals surface area (Å²) in [6.45, 7) is 1.43. The summed E-state index contributed by atoms with van der Waals surface area (Å²) >= 11 is 0. The van der Waals surface area contributed by atoms with E-state index < -0.39 is 41.8 Å². The molecule has 1 aliphatic heterocycles. The third kappa shape index (κ3) is 2.18. The maximum absolute atomic E-state index is 11.6. The van der Waals surface area contributed by atoms with Crippen molar-refractivity contribution in [2.45, 2.75) is 31.5 Å². The van der Waals surface area contributed by atoms with Crippen molar-refractivity contribution in [2.75, 3.05) is 0 Å². The Bertz CT molecular complexity index is 619. The lowest BCUT2D eigenvalue weighted by molar-refractivity contribution is -0.155. The first-order chi connectivity index (χ1) is 8.82. The van der Waals surface area contributed by atoms with E-state index in [2.05, 4.69) is 0 Å². The second-order valence-electron chi connectivity index (χ2n) is 4.25. The maximum Gasteiger partial charge on any atom is 0.335 e. The van der Waals surface area contributed by atoms with Gasteiger partial charge in [-0.3, -0.25) is 14.3 Å². The zero-order valence-corrected chi connectivity index (χ0v) is 9.81. The van der Waals surface area contributed by atoms with Crippen LogP contribution in [-0.2, 0) is 9.53 Å². The molecule has 2 heterocycles. The zero-order chi connectivity index (χ0) is 14.3. The monoisotopic (exact) mass is 272 g/mol. The molecule has 9 nitrogen and oxygen atoms in total. The van der Waals surface area contributed by atoms with Gasteiger partial charge in [0.1, 0.15) is 12.2 Å². The van der Waals surface area contributed by atoms with Gasteiger partial charge < -0.3 is 20.1 Å². The van der Waals surface area contributed by atoms with Gasteiger partial charge in [0.25, 0.3) is 5.56 Å². The highest BCUT2D eigenvalue weighted by molar-refractivity contribution is 5.73. The molecule has 9 heteroatoms. The summed E-state index contributed by atoms with van der Waals surface area (Å²) in [7, 11) is 0. The van der Waals surface area contributed by atoms with Crippen LogP contribution >= 0.6 is 0 Å². The van der Waals surface area contributed by atoms with Crippen molar-refractivity contribution in [3.05, 3.63) is 32.6 Å². The normalized spacial score (nSPS) is 30.5. The predicted molar refractivity (Wildman–Crippen MR) is 59.6 cm³/mol. The minimum atomic E-state index is -1.67. The van der Waals surface area contributed by atoms with E-state index in [4.69, 9.17) is 9.84 Å². The van der Waals surface area contributed by atoms with Gasteiger partial charge in [0.15, 0.2) is 12.3 Å². The number of aromatic amines is 1. The highest BCUT2D eigenvalue weighted by atomic mass is 16.6. The van der Waals surface area contributed by atoms with Gasteiger partial charge in [0.05, 0.1) is 0 Å². The summed E-state index contributed by atoms with van der Waals surface area (Å²) in [5.41, 5.74) is -1.27. The Kier molecular flexibility index (Phi) is 3.27.